The first-order chi connectivity index (χ1) is 10.7. The number of carboxylic acid groups (broad SMARTS) is 1. The van der Waals surface area contributed by atoms with Crippen molar-refractivity contribution in [3.05, 3.63) is 0 Å². The van der Waals surface area contributed by atoms with Crippen molar-refractivity contribution in [2.75, 3.05) is 6.61 Å². The molecular weight excluding hydrogens is 276 g/mol. The Balaban J connectivity index is 0. The van der Waals surface area contributed by atoms with E-state index in [0.717, 1.165) is 6.42 Å². The largest absolute Gasteiger partial charge is 0.481 e. The van der Waals surface area contributed by atoms with E-state index in [2.05, 4.69) is 6.92 Å². The second-order valence-corrected chi connectivity index (χ2v) is 6.07. The van der Waals surface area contributed by atoms with Crippen LogP contribution >= 0.6 is 0 Å². The zero-order valence-electron chi connectivity index (χ0n) is 15.1. The minimum atomic E-state index is -0.745. The van der Waals surface area contributed by atoms with Crippen molar-refractivity contribution in [2.45, 2.75) is 110 Å². The standard InChI is InChI=1S/C16H34O.C3H6O2/c1-2-3-4-5-6-7-8-9-10-11-12-13-14-15-16-17;1-2-3(4)5/h17H,2-16H2,1H3;2H2,1H3,(H,4,5). The fraction of sp³-hybridized carbons (Fsp3) is 0.947. The highest BCUT2D eigenvalue weighted by Crippen LogP contribution is 2.12. The first-order valence-corrected chi connectivity index (χ1v) is 9.51. The van der Waals surface area contributed by atoms with Crippen LogP contribution in [0.1, 0.15) is 110 Å². The summed E-state index contributed by atoms with van der Waals surface area (Å²) in [6.45, 7) is 4.25. The van der Waals surface area contributed by atoms with Gasteiger partial charge in [-0.25, -0.2) is 0 Å². The van der Waals surface area contributed by atoms with E-state index in [0.29, 0.717) is 6.61 Å². The molecule has 0 aliphatic heterocycles. The van der Waals surface area contributed by atoms with E-state index in [-0.39, 0.29) is 6.42 Å². The third kappa shape index (κ3) is 27.7. The van der Waals surface area contributed by atoms with Crippen LogP contribution in [-0.2, 0) is 4.79 Å². The molecular formula is C19H40O3. The van der Waals surface area contributed by atoms with Crippen LogP contribution < -0.4 is 0 Å². The summed E-state index contributed by atoms with van der Waals surface area (Å²) < 4.78 is 0. The molecule has 0 aliphatic carbocycles. The summed E-state index contributed by atoms with van der Waals surface area (Å²) in [7, 11) is 0. The zero-order chi connectivity index (χ0) is 16.9. The van der Waals surface area contributed by atoms with Gasteiger partial charge in [-0.3, -0.25) is 4.79 Å². The molecule has 2 N–H and O–H groups in total. The van der Waals surface area contributed by atoms with Crippen LogP contribution in [0.3, 0.4) is 0 Å². The number of aliphatic carboxylic acids is 1. The van der Waals surface area contributed by atoms with Crippen molar-refractivity contribution in [1.82, 2.24) is 0 Å². The van der Waals surface area contributed by atoms with Crippen molar-refractivity contribution in [3.8, 4) is 0 Å². The molecule has 0 atom stereocenters. The van der Waals surface area contributed by atoms with E-state index in [9.17, 15) is 4.79 Å². The molecule has 134 valence electrons. The number of rotatable bonds is 15. The summed E-state index contributed by atoms with van der Waals surface area (Å²) in [5.74, 6) is -0.745. The van der Waals surface area contributed by atoms with Crippen molar-refractivity contribution < 1.29 is 15.0 Å². The Morgan fingerprint density at radius 2 is 0.909 bits per heavy atom. The molecule has 22 heavy (non-hydrogen) atoms. The topological polar surface area (TPSA) is 57.5 Å². The third-order valence-electron chi connectivity index (χ3n) is 3.81. The molecule has 0 bridgehead atoms. The Kier molecular flexibility index (Phi) is 24.5. The molecule has 0 aliphatic rings. The molecule has 0 aromatic rings. The highest BCUT2D eigenvalue weighted by molar-refractivity contribution is 5.66. The van der Waals surface area contributed by atoms with Gasteiger partial charge in [0, 0.05) is 13.0 Å². The lowest BCUT2D eigenvalue weighted by Gasteiger charge is -2.02. The summed E-state index contributed by atoms with van der Waals surface area (Å²) in [6.07, 6.45) is 19.4. The average Bonchev–Trinajstić information content (AvgIpc) is 2.52. The fourth-order valence-electron chi connectivity index (χ4n) is 2.31. The van der Waals surface area contributed by atoms with Crippen LogP contribution in [-0.4, -0.2) is 22.8 Å². The van der Waals surface area contributed by atoms with Crippen LogP contribution in [0, 0.1) is 0 Å². The maximum absolute atomic E-state index is 9.37. The number of hydrogen-bond donors (Lipinski definition) is 2. The van der Waals surface area contributed by atoms with E-state index < -0.39 is 5.97 Å². The van der Waals surface area contributed by atoms with Crippen LogP contribution in [0.4, 0.5) is 0 Å². The second-order valence-electron chi connectivity index (χ2n) is 6.07. The number of hydrogen-bond acceptors (Lipinski definition) is 2. The Labute approximate surface area is 138 Å². The molecule has 0 radical (unpaired) electrons. The van der Waals surface area contributed by atoms with Gasteiger partial charge in [0.2, 0.25) is 0 Å². The van der Waals surface area contributed by atoms with Gasteiger partial charge >= 0.3 is 5.97 Å². The van der Waals surface area contributed by atoms with Gasteiger partial charge in [-0.15, -0.1) is 0 Å². The number of aliphatic hydroxyl groups excluding tert-OH is 1. The number of aliphatic hydroxyl groups is 1. The third-order valence-corrected chi connectivity index (χ3v) is 3.81. The van der Waals surface area contributed by atoms with E-state index in [4.69, 9.17) is 10.2 Å². The maximum atomic E-state index is 9.37. The summed E-state index contributed by atoms with van der Waals surface area (Å²) in [5, 5.41) is 16.4. The molecule has 0 amide bonds. The van der Waals surface area contributed by atoms with Crippen LogP contribution in [0.25, 0.3) is 0 Å². The smallest absolute Gasteiger partial charge is 0.303 e. The number of unbranched alkanes of at least 4 members (excludes halogenated alkanes) is 13. The Hall–Kier alpha value is -0.570. The van der Waals surface area contributed by atoms with E-state index in [1.165, 1.54) is 83.5 Å². The quantitative estimate of drug-likeness (QED) is 0.367. The first kappa shape index (κ1) is 23.7. The Morgan fingerprint density at radius 3 is 1.14 bits per heavy atom. The van der Waals surface area contributed by atoms with Gasteiger partial charge in [-0.05, 0) is 6.42 Å². The average molecular weight is 317 g/mol. The summed E-state index contributed by atoms with van der Waals surface area (Å²) in [5.41, 5.74) is 0. The Morgan fingerprint density at radius 1 is 0.636 bits per heavy atom. The molecule has 0 saturated carbocycles. The van der Waals surface area contributed by atoms with Crippen molar-refractivity contribution in [1.29, 1.82) is 0 Å². The summed E-state index contributed by atoms with van der Waals surface area (Å²) >= 11 is 0. The molecule has 0 heterocycles. The summed E-state index contributed by atoms with van der Waals surface area (Å²) in [4.78, 5) is 9.37. The predicted molar refractivity (Wildman–Crippen MR) is 95.3 cm³/mol. The lowest BCUT2D eigenvalue weighted by atomic mass is 10.0. The van der Waals surface area contributed by atoms with Gasteiger partial charge in [0.15, 0.2) is 0 Å². The summed E-state index contributed by atoms with van der Waals surface area (Å²) in [6, 6.07) is 0. The Bertz CT molecular complexity index is 191. The molecule has 0 spiro atoms. The predicted octanol–water partition coefficient (Wildman–Crippen LogP) is 5.94. The van der Waals surface area contributed by atoms with Gasteiger partial charge in [0.1, 0.15) is 0 Å². The van der Waals surface area contributed by atoms with Gasteiger partial charge in [-0.2, -0.15) is 0 Å². The highest BCUT2D eigenvalue weighted by Gasteiger charge is 1.93. The molecule has 0 aromatic carbocycles. The molecule has 0 rings (SSSR count). The van der Waals surface area contributed by atoms with Crippen molar-refractivity contribution in [2.24, 2.45) is 0 Å². The number of carboxylic acids is 1. The molecule has 3 nitrogen and oxygen atoms in total. The van der Waals surface area contributed by atoms with Crippen LogP contribution in [0.5, 0.6) is 0 Å². The normalized spacial score (nSPS) is 10.1. The van der Waals surface area contributed by atoms with Crippen LogP contribution in [0.2, 0.25) is 0 Å². The SMILES string of the molecule is CCC(=O)O.CCCCCCCCCCCCCCCCO. The monoisotopic (exact) mass is 316 g/mol. The maximum Gasteiger partial charge on any atom is 0.303 e. The highest BCUT2D eigenvalue weighted by atomic mass is 16.4. The number of carbonyl (C=O) groups is 1. The minimum Gasteiger partial charge on any atom is -0.481 e. The lowest BCUT2D eigenvalue weighted by Crippen LogP contribution is -1.86. The van der Waals surface area contributed by atoms with E-state index in [1.807, 2.05) is 0 Å². The zero-order valence-corrected chi connectivity index (χ0v) is 15.1. The molecule has 0 fully saturated rings. The van der Waals surface area contributed by atoms with E-state index in [1.54, 1.807) is 6.92 Å². The van der Waals surface area contributed by atoms with Crippen molar-refractivity contribution >= 4 is 5.97 Å². The first-order valence-electron chi connectivity index (χ1n) is 9.51. The fourth-order valence-corrected chi connectivity index (χ4v) is 2.31. The lowest BCUT2D eigenvalue weighted by molar-refractivity contribution is -0.136. The van der Waals surface area contributed by atoms with Gasteiger partial charge in [-0.1, -0.05) is 97.3 Å². The van der Waals surface area contributed by atoms with Crippen molar-refractivity contribution in [3.63, 3.8) is 0 Å². The minimum absolute atomic E-state index is 0.222. The van der Waals surface area contributed by atoms with Gasteiger partial charge in [0.05, 0.1) is 0 Å². The van der Waals surface area contributed by atoms with E-state index >= 15 is 0 Å². The van der Waals surface area contributed by atoms with Gasteiger partial charge < -0.3 is 10.2 Å². The molecule has 0 unspecified atom stereocenters. The van der Waals surface area contributed by atoms with Crippen LogP contribution in [0.15, 0.2) is 0 Å². The van der Waals surface area contributed by atoms with Gasteiger partial charge in [0.25, 0.3) is 0 Å². The molecule has 0 saturated heterocycles. The molecule has 3 heteroatoms. The molecule has 0 aromatic heterocycles. The second kappa shape index (κ2) is 22.7.